The maximum absolute atomic E-state index is 12.5. The Morgan fingerprint density at radius 3 is 2.23 bits per heavy atom. The van der Waals surface area contributed by atoms with Gasteiger partial charge in [0.05, 0.1) is 12.4 Å². The quantitative estimate of drug-likeness (QED) is 0.557. The van der Waals surface area contributed by atoms with Crippen molar-refractivity contribution in [3.63, 3.8) is 0 Å². The van der Waals surface area contributed by atoms with Gasteiger partial charge in [-0.05, 0) is 0 Å². The van der Waals surface area contributed by atoms with E-state index in [2.05, 4.69) is 15.1 Å². The van der Waals surface area contributed by atoms with Gasteiger partial charge in [-0.1, -0.05) is 24.3 Å². The minimum atomic E-state index is -0.586. The number of nitrogens with zero attached hydrogens (tertiary/aromatic N) is 3. The number of ketones is 2. The van der Waals surface area contributed by atoms with Crippen LogP contribution < -0.4 is 5.56 Å². The first-order valence-corrected chi connectivity index (χ1v) is 6.47. The van der Waals surface area contributed by atoms with E-state index in [4.69, 9.17) is 0 Å². The summed E-state index contributed by atoms with van der Waals surface area (Å²) in [4.78, 5) is 45.1. The average molecular weight is 292 g/mol. The van der Waals surface area contributed by atoms with Crippen LogP contribution in [0, 0.1) is 0 Å². The number of fused-ring (bicyclic) bond motifs is 2. The molecule has 0 amide bonds. The third-order valence-electron chi connectivity index (χ3n) is 3.57. The zero-order chi connectivity index (χ0) is 15.3. The zero-order valence-electron chi connectivity index (χ0n) is 11.1. The lowest BCUT2D eigenvalue weighted by Gasteiger charge is -2.11. The highest BCUT2D eigenvalue weighted by molar-refractivity contribution is 6.27. The Morgan fingerprint density at radius 1 is 0.909 bits per heavy atom. The molecule has 0 aliphatic heterocycles. The average Bonchev–Trinajstić information content (AvgIpc) is 2.91. The van der Waals surface area contributed by atoms with Crippen molar-refractivity contribution in [1.82, 2.24) is 19.7 Å². The molecule has 0 saturated heterocycles. The Bertz CT molecular complexity index is 986. The molecule has 7 nitrogen and oxygen atoms in total. The Hall–Kier alpha value is -3.35. The summed E-state index contributed by atoms with van der Waals surface area (Å²) in [6.45, 7) is 0. The topological polar surface area (TPSA) is 97.7 Å². The molecule has 1 aromatic carbocycles. The molecule has 0 saturated carbocycles. The van der Waals surface area contributed by atoms with Crippen LogP contribution in [0.4, 0.5) is 0 Å². The summed E-state index contributed by atoms with van der Waals surface area (Å²) in [5.41, 5.74) is 0.152. The molecular formula is C15H8N4O3. The number of benzene rings is 1. The summed E-state index contributed by atoms with van der Waals surface area (Å²) in [6, 6.07) is 6.45. The smallest absolute Gasteiger partial charge is 0.283 e. The molecule has 0 atom stereocenters. The number of aromatic nitrogens is 4. The Balaban J connectivity index is 2.00. The van der Waals surface area contributed by atoms with Crippen LogP contribution in [-0.2, 0) is 0 Å². The molecule has 106 valence electrons. The fourth-order valence-electron chi connectivity index (χ4n) is 2.55. The van der Waals surface area contributed by atoms with Gasteiger partial charge in [-0.2, -0.15) is 0 Å². The summed E-state index contributed by atoms with van der Waals surface area (Å²) in [7, 11) is 0. The fraction of sp³-hybridized carbons (Fsp3) is 0. The third-order valence-corrected chi connectivity index (χ3v) is 3.57. The van der Waals surface area contributed by atoms with Crippen molar-refractivity contribution in [2.45, 2.75) is 0 Å². The van der Waals surface area contributed by atoms with E-state index in [1.807, 2.05) is 0 Å². The van der Waals surface area contributed by atoms with Crippen LogP contribution in [-0.4, -0.2) is 31.3 Å². The van der Waals surface area contributed by atoms with Crippen molar-refractivity contribution in [1.29, 1.82) is 0 Å². The van der Waals surface area contributed by atoms with Crippen LogP contribution in [0.5, 0.6) is 0 Å². The second kappa shape index (κ2) is 4.32. The summed E-state index contributed by atoms with van der Waals surface area (Å²) in [6.07, 6.45) is 4.15. The minimum Gasteiger partial charge on any atom is -0.288 e. The molecule has 0 spiro atoms. The molecule has 4 rings (SSSR count). The largest absolute Gasteiger partial charge is 0.288 e. The summed E-state index contributed by atoms with van der Waals surface area (Å²) >= 11 is 0. The molecule has 1 N–H and O–H groups in total. The van der Waals surface area contributed by atoms with Gasteiger partial charge in [0.2, 0.25) is 11.6 Å². The summed E-state index contributed by atoms with van der Waals surface area (Å²) in [5, 5.41) is 2.69. The maximum atomic E-state index is 12.5. The lowest BCUT2D eigenvalue weighted by molar-refractivity contribution is 0.0976. The van der Waals surface area contributed by atoms with Crippen LogP contribution in [0.2, 0.25) is 0 Å². The molecule has 1 aliphatic rings. The van der Waals surface area contributed by atoms with Gasteiger partial charge >= 0.3 is 0 Å². The normalized spacial score (nSPS) is 12.9. The number of carbonyl (C=O) groups is 2. The molecule has 2 aromatic heterocycles. The van der Waals surface area contributed by atoms with Crippen LogP contribution in [0.3, 0.4) is 0 Å². The standard InChI is InChI=1S/C15H8N4O3/c20-13-9-3-1-2-4-10(9)14(21)12-11(13)15(22)19(18-12)8-5-16-7-17-6-8/h1-7,18H. The van der Waals surface area contributed by atoms with Gasteiger partial charge in [-0.25, -0.2) is 14.6 Å². The van der Waals surface area contributed by atoms with Crippen molar-refractivity contribution < 1.29 is 9.59 Å². The number of H-pyrrole nitrogens is 1. The van der Waals surface area contributed by atoms with Crippen LogP contribution >= 0.6 is 0 Å². The highest BCUT2D eigenvalue weighted by Gasteiger charge is 2.34. The van der Waals surface area contributed by atoms with Crippen molar-refractivity contribution >= 4 is 11.6 Å². The number of nitrogens with one attached hydrogen (secondary N) is 1. The Kier molecular flexibility index (Phi) is 2.43. The van der Waals surface area contributed by atoms with E-state index in [9.17, 15) is 14.4 Å². The van der Waals surface area contributed by atoms with Crippen LogP contribution in [0.25, 0.3) is 5.69 Å². The molecule has 0 radical (unpaired) electrons. The number of aromatic amines is 1. The Labute approximate surface area is 123 Å². The lowest BCUT2D eigenvalue weighted by atomic mass is 9.88. The van der Waals surface area contributed by atoms with Crippen molar-refractivity contribution in [2.75, 3.05) is 0 Å². The van der Waals surface area contributed by atoms with Gasteiger partial charge in [-0.3, -0.25) is 19.5 Å². The molecule has 1 aliphatic carbocycles. The minimum absolute atomic E-state index is 0.00227. The van der Waals surface area contributed by atoms with E-state index >= 15 is 0 Å². The van der Waals surface area contributed by atoms with E-state index < -0.39 is 11.3 Å². The first-order chi connectivity index (χ1) is 10.7. The number of carbonyl (C=O) groups excluding carboxylic acids is 2. The maximum Gasteiger partial charge on any atom is 0.283 e. The lowest BCUT2D eigenvalue weighted by Crippen LogP contribution is -2.26. The van der Waals surface area contributed by atoms with E-state index in [1.165, 1.54) is 18.7 Å². The second-order valence-corrected chi connectivity index (χ2v) is 4.80. The molecule has 7 heteroatoms. The van der Waals surface area contributed by atoms with Gasteiger partial charge in [-0.15, -0.1) is 0 Å². The third kappa shape index (κ3) is 1.53. The predicted octanol–water partition coefficient (Wildman–Crippen LogP) is 0.731. The predicted molar refractivity (Wildman–Crippen MR) is 75.3 cm³/mol. The van der Waals surface area contributed by atoms with Gasteiger partial charge in [0, 0.05) is 11.1 Å². The Morgan fingerprint density at radius 2 is 1.55 bits per heavy atom. The van der Waals surface area contributed by atoms with Crippen LogP contribution in [0.15, 0.2) is 47.8 Å². The second-order valence-electron chi connectivity index (χ2n) is 4.80. The molecule has 22 heavy (non-hydrogen) atoms. The highest BCUT2D eigenvalue weighted by Crippen LogP contribution is 2.24. The SMILES string of the molecule is O=C1c2ccccc2C(=O)c2c1[nH]n(-c1cncnc1)c2=O. The molecule has 0 fully saturated rings. The first-order valence-electron chi connectivity index (χ1n) is 6.47. The molecule has 2 heterocycles. The van der Waals surface area contributed by atoms with E-state index in [0.29, 0.717) is 5.69 Å². The monoisotopic (exact) mass is 292 g/mol. The van der Waals surface area contributed by atoms with E-state index in [-0.39, 0.29) is 28.2 Å². The van der Waals surface area contributed by atoms with Gasteiger partial charge < -0.3 is 0 Å². The molecular weight excluding hydrogens is 284 g/mol. The van der Waals surface area contributed by atoms with Gasteiger partial charge in [0.25, 0.3) is 5.56 Å². The van der Waals surface area contributed by atoms with E-state index in [1.54, 1.807) is 24.3 Å². The molecule has 0 unspecified atom stereocenters. The van der Waals surface area contributed by atoms with Crippen molar-refractivity contribution in [2.24, 2.45) is 0 Å². The summed E-state index contributed by atoms with van der Waals surface area (Å²) < 4.78 is 1.10. The van der Waals surface area contributed by atoms with Gasteiger partial charge in [0.15, 0.2) is 0 Å². The van der Waals surface area contributed by atoms with Gasteiger partial charge in [0.1, 0.15) is 23.3 Å². The number of hydrogen-bond donors (Lipinski definition) is 1. The van der Waals surface area contributed by atoms with Crippen LogP contribution in [0.1, 0.15) is 32.0 Å². The number of rotatable bonds is 1. The fourth-order valence-corrected chi connectivity index (χ4v) is 2.55. The van der Waals surface area contributed by atoms with Crippen molar-refractivity contribution in [3.8, 4) is 5.69 Å². The van der Waals surface area contributed by atoms with Crippen molar-refractivity contribution in [3.05, 3.63) is 75.7 Å². The first kappa shape index (κ1) is 12.4. The number of hydrogen-bond acceptors (Lipinski definition) is 5. The highest BCUT2D eigenvalue weighted by atomic mass is 16.2. The van der Waals surface area contributed by atoms with E-state index in [0.717, 1.165) is 4.68 Å². The molecule has 0 bridgehead atoms. The molecule has 3 aromatic rings. The summed E-state index contributed by atoms with van der Waals surface area (Å²) in [5.74, 6) is -0.833. The zero-order valence-corrected chi connectivity index (χ0v) is 11.1.